The summed E-state index contributed by atoms with van der Waals surface area (Å²) in [7, 11) is 0. The van der Waals surface area contributed by atoms with E-state index >= 15 is 0 Å². The SMILES string of the molecule is CC1CCCC(NC(=O)[C@H](N)Cc2ccccc2)C1. The Morgan fingerprint density at radius 3 is 2.79 bits per heavy atom. The van der Waals surface area contributed by atoms with Gasteiger partial charge in [-0.15, -0.1) is 0 Å². The van der Waals surface area contributed by atoms with Gasteiger partial charge in [-0.1, -0.05) is 50.1 Å². The minimum absolute atomic E-state index is 0.0112. The van der Waals surface area contributed by atoms with Gasteiger partial charge in [0.15, 0.2) is 0 Å². The molecule has 0 heterocycles. The zero-order valence-corrected chi connectivity index (χ0v) is 11.6. The summed E-state index contributed by atoms with van der Waals surface area (Å²) in [4.78, 5) is 12.1. The topological polar surface area (TPSA) is 55.1 Å². The molecule has 19 heavy (non-hydrogen) atoms. The van der Waals surface area contributed by atoms with Crippen molar-refractivity contribution in [1.29, 1.82) is 0 Å². The predicted molar refractivity (Wildman–Crippen MR) is 77.7 cm³/mol. The third-order valence-corrected chi connectivity index (χ3v) is 3.92. The minimum atomic E-state index is -0.445. The quantitative estimate of drug-likeness (QED) is 0.872. The first kappa shape index (κ1) is 14.1. The first-order valence-corrected chi connectivity index (χ1v) is 7.25. The number of benzene rings is 1. The molecule has 2 unspecified atom stereocenters. The van der Waals surface area contributed by atoms with E-state index in [1.165, 1.54) is 12.8 Å². The molecule has 0 aromatic heterocycles. The lowest BCUT2D eigenvalue weighted by Crippen LogP contribution is -2.47. The predicted octanol–water partition coefficient (Wildman–Crippen LogP) is 2.25. The van der Waals surface area contributed by atoms with Gasteiger partial charge in [-0.05, 0) is 30.7 Å². The molecule has 0 saturated heterocycles. The van der Waals surface area contributed by atoms with Crippen LogP contribution in [-0.4, -0.2) is 18.0 Å². The number of hydrogen-bond donors (Lipinski definition) is 2. The van der Waals surface area contributed by atoms with Crippen LogP contribution in [0.1, 0.15) is 38.2 Å². The molecule has 0 bridgehead atoms. The molecule has 0 spiro atoms. The second-order valence-corrected chi connectivity index (χ2v) is 5.77. The molecule has 1 fully saturated rings. The highest BCUT2D eigenvalue weighted by atomic mass is 16.2. The number of hydrogen-bond acceptors (Lipinski definition) is 2. The molecule has 3 atom stereocenters. The summed E-state index contributed by atoms with van der Waals surface area (Å²) in [5, 5.41) is 3.11. The monoisotopic (exact) mass is 260 g/mol. The van der Waals surface area contributed by atoms with Gasteiger partial charge in [0.1, 0.15) is 0 Å². The van der Waals surface area contributed by atoms with Crippen LogP contribution >= 0.6 is 0 Å². The second kappa shape index (κ2) is 6.71. The molecular formula is C16H24N2O. The van der Waals surface area contributed by atoms with Crippen molar-refractivity contribution in [3.63, 3.8) is 0 Å². The molecule has 2 rings (SSSR count). The molecule has 1 saturated carbocycles. The summed E-state index contributed by atoms with van der Waals surface area (Å²) in [6.07, 6.45) is 5.27. The lowest BCUT2D eigenvalue weighted by atomic mass is 9.87. The molecular weight excluding hydrogens is 236 g/mol. The van der Waals surface area contributed by atoms with E-state index in [1.54, 1.807) is 0 Å². The fourth-order valence-electron chi connectivity index (χ4n) is 2.83. The van der Waals surface area contributed by atoms with Gasteiger partial charge in [0, 0.05) is 6.04 Å². The number of nitrogens with two attached hydrogens (primary N) is 1. The van der Waals surface area contributed by atoms with E-state index in [9.17, 15) is 4.79 Å². The maximum absolute atomic E-state index is 12.1. The maximum Gasteiger partial charge on any atom is 0.237 e. The summed E-state index contributed by atoms with van der Waals surface area (Å²) < 4.78 is 0. The Morgan fingerprint density at radius 2 is 2.11 bits per heavy atom. The molecule has 1 aromatic rings. The molecule has 1 amide bonds. The van der Waals surface area contributed by atoms with Gasteiger partial charge >= 0.3 is 0 Å². The van der Waals surface area contributed by atoms with Crippen molar-refractivity contribution in [2.45, 2.75) is 51.1 Å². The summed E-state index contributed by atoms with van der Waals surface area (Å²) in [6, 6.07) is 9.81. The molecule has 1 aromatic carbocycles. The van der Waals surface area contributed by atoms with Crippen molar-refractivity contribution >= 4 is 5.91 Å². The van der Waals surface area contributed by atoms with E-state index in [-0.39, 0.29) is 5.91 Å². The van der Waals surface area contributed by atoms with Crippen molar-refractivity contribution in [3.8, 4) is 0 Å². The second-order valence-electron chi connectivity index (χ2n) is 5.77. The lowest BCUT2D eigenvalue weighted by molar-refractivity contribution is -0.123. The van der Waals surface area contributed by atoms with Crippen molar-refractivity contribution in [3.05, 3.63) is 35.9 Å². The van der Waals surface area contributed by atoms with Gasteiger partial charge in [0.25, 0.3) is 0 Å². The number of amides is 1. The molecule has 3 N–H and O–H groups in total. The first-order valence-electron chi connectivity index (χ1n) is 7.25. The number of carbonyl (C=O) groups excluding carboxylic acids is 1. The van der Waals surface area contributed by atoms with Gasteiger partial charge in [-0.2, -0.15) is 0 Å². The molecule has 3 nitrogen and oxygen atoms in total. The first-order chi connectivity index (χ1) is 9.15. The average Bonchev–Trinajstić information content (AvgIpc) is 2.40. The average molecular weight is 260 g/mol. The summed E-state index contributed by atoms with van der Waals surface area (Å²) in [6.45, 7) is 2.25. The Kier molecular flexibility index (Phi) is 4.97. The maximum atomic E-state index is 12.1. The lowest BCUT2D eigenvalue weighted by Gasteiger charge is -2.28. The molecule has 3 heteroatoms. The van der Waals surface area contributed by atoms with Gasteiger partial charge < -0.3 is 11.1 Å². The van der Waals surface area contributed by atoms with E-state index in [0.29, 0.717) is 18.4 Å². The molecule has 0 aliphatic heterocycles. The Labute approximate surface area is 115 Å². The van der Waals surface area contributed by atoms with Gasteiger partial charge in [-0.25, -0.2) is 0 Å². The fraction of sp³-hybridized carbons (Fsp3) is 0.562. The van der Waals surface area contributed by atoms with Crippen molar-refractivity contribution in [1.82, 2.24) is 5.32 Å². The van der Waals surface area contributed by atoms with E-state index < -0.39 is 6.04 Å². The van der Waals surface area contributed by atoms with Crippen LogP contribution in [0, 0.1) is 5.92 Å². The van der Waals surface area contributed by atoms with Crippen LogP contribution in [0.4, 0.5) is 0 Å². The molecule has 0 radical (unpaired) electrons. The number of rotatable bonds is 4. The van der Waals surface area contributed by atoms with Gasteiger partial charge in [0.2, 0.25) is 5.91 Å². The molecule has 1 aliphatic rings. The standard InChI is InChI=1S/C16H24N2O/c1-12-6-5-9-14(10-12)18-16(19)15(17)11-13-7-3-2-4-8-13/h2-4,7-8,12,14-15H,5-6,9-11,17H2,1H3,(H,18,19)/t12?,14?,15-/m1/s1. The van der Waals surface area contributed by atoms with Crippen LogP contribution in [-0.2, 0) is 11.2 Å². The largest absolute Gasteiger partial charge is 0.352 e. The summed E-state index contributed by atoms with van der Waals surface area (Å²) in [5.41, 5.74) is 7.10. The van der Waals surface area contributed by atoms with Crippen LogP contribution in [0.2, 0.25) is 0 Å². The van der Waals surface area contributed by atoms with Crippen LogP contribution in [0.25, 0.3) is 0 Å². The number of carbonyl (C=O) groups is 1. The minimum Gasteiger partial charge on any atom is -0.352 e. The van der Waals surface area contributed by atoms with Crippen LogP contribution in [0.5, 0.6) is 0 Å². The van der Waals surface area contributed by atoms with Crippen LogP contribution < -0.4 is 11.1 Å². The van der Waals surface area contributed by atoms with Gasteiger partial charge in [-0.3, -0.25) is 4.79 Å². The van der Waals surface area contributed by atoms with Crippen LogP contribution in [0.15, 0.2) is 30.3 Å². The van der Waals surface area contributed by atoms with E-state index in [4.69, 9.17) is 5.73 Å². The van der Waals surface area contributed by atoms with Crippen molar-refractivity contribution < 1.29 is 4.79 Å². The highest BCUT2D eigenvalue weighted by Gasteiger charge is 2.22. The zero-order valence-electron chi connectivity index (χ0n) is 11.6. The Balaban J connectivity index is 1.82. The van der Waals surface area contributed by atoms with E-state index in [0.717, 1.165) is 18.4 Å². The van der Waals surface area contributed by atoms with Crippen molar-refractivity contribution in [2.24, 2.45) is 11.7 Å². The molecule has 104 valence electrons. The van der Waals surface area contributed by atoms with Crippen molar-refractivity contribution in [2.75, 3.05) is 0 Å². The summed E-state index contributed by atoms with van der Waals surface area (Å²) >= 11 is 0. The Bertz CT molecular complexity index is 404. The molecule has 1 aliphatic carbocycles. The Hall–Kier alpha value is -1.35. The van der Waals surface area contributed by atoms with E-state index in [1.807, 2.05) is 30.3 Å². The third-order valence-electron chi connectivity index (χ3n) is 3.92. The third kappa shape index (κ3) is 4.35. The normalized spacial score (nSPS) is 24.7. The highest BCUT2D eigenvalue weighted by molar-refractivity contribution is 5.82. The van der Waals surface area contributed by atoms with E-state index in [2.05, 4.69) is 12.2 Å². The van der Waals surface area contributed by atoms with Gasteiger partial charge in [0.05, 0.1) is 6.04 Å². The fourth-order valence-corrected chi connectivity index (χ4v) is 2.83. The Morgan fingerprint density at radius 1 is 1.37 bits per heavy atom. The summed E-state index contributed by atoms with van der Waals surface area (Å²) in [5.74, 6) is 0.701. The highest BCUT2D eigenvalue weighted by Crippen LogP contribution is 2.23. The smallest absolute Gasteiger partial charge is 0.237 e. The number of nitrogens with one attached hydrogen (secondary N) is 1. The van der Waals surface area contributed by atoms with Crippen LogP contribution in [0.3, 0.4) is 0 Å². The zero-order chi connectivity index (χ0) is 13.7.